The Balaban J connectivity index is 2.21. The minimum absolute atomic E-state index is 0.171. The van der Waals surface area contributed by atoms with Gasteiger partial charge in [-0.3, -0.25) is 4.98 Å². The van der Waals surface area contributed by atoms with Crippen LogP contribution in [0, 0.1) is 0 Å². The number of nitrogens with one attached hydrogen (secondary N) is 1. The van der Waals surface area contributed by atoms with Gasteiger partial charge >= 0.3 is 0 Å². The molecule has 0 fully saturated rings. The summed E-state index contributed by atoms with van der Waals surface area (Å²) in [5, 5.41) is 4.05. The summed E-state index contributed by atoms with van der Waals surface area (Å²) in [5.74, 6) is 0. The van der Waals surface area contributed by atoms with Crippen LogP contribution in [0.3, 0.4) is 0 Å². The Morgan fingerprint density at radius 1 is 1.33 bits per heavy atom. The first-order valence-corrected chi connectivity index (χ1v) is 6.90. The number of hydrogen-bond acceptors (Lipinski definition) is 2. The summed E-state index contributed by atoms with van der Waals surface area (Å²) in [6.07, 6.45) is 2.63. The lowest BCUT2D eigenvalue weighted by molar-refractivity contribution is 0.576. The number of hydrogen-bond donors (Lipinski definition) is 1. The molecule has 1 N–H and O–H groups in total. The van der Waals surface area contributed by atoms with E-state index in [0.717, 1.165) is 27.2 Å². The normalized spacial score (nSPS) is 12.4. The molecule has 0 saturated carbocycles. The summed E-state index contributed by atoms with van der Waals surface area (Å²) in [6.45, 7) is 0. The molecule has 1 aromatic carbocycles. The van der Waals surface area contributed by atoms with Crippen LogP contribution >= 0.6 is 27.5 Å². The lowest BCUT2D eigenvalue weighted by atomic mass is 10.0. The molecule has 1 aromatic heterocycles. The van der Waals surface area contributed by atoms with Crippen molar-refractivity contribution in [3.63, 3.8) is 0 Å². The Hall–Kier alpha value is -0.900. The van der Waals surface area contributed by atoms with Crippen LogP contribution in [0.2, 0.25) is 5.02 Å². The van der Waals surface area contributed by atoms with Gasteiger partial charge in [0.2, 0.25) is 0 Å². The second-order valence-corrected chi connectivity index (χ2v) is 5.36. The van der Waals surface area contributed by atoms with Crippen molar-refractivity contribution < 1.29 is 0 Å². The summed E-state index contributed by atoms with van der Waals surface area (Å²) in [7, 11) is 1.94. The number of benzene rings is 1. The highest BCUT2D eigenvalue weighted by Crippen LogP contribution is 2.25. The van der Waals surface area contributed by atoms with Crippen LogP contribution in [-0.4, -0.2) is 12.0 Å². The predicted octanol–water partition coefficient (Wildman–Crippen LogP) is 4.00. The lowest BCUT2D eigenvalue weighted by Crippen LogP contribution is -2.20. The van der Waals surface area contributed by atoms with Gasteiger partial charge < -0.3 is 5.32 Å². The molecule has 1 atom stereocenters. The number of halogens is 2. The van der Waals surface area contributed by atoms with Crippen LogP contribution < -0.4 is 5.32 Å². The van der Waals surface area contributed by atoms with E-state index in [9.17, 15) is 0 Å². The number of rotatable bonds is 4. The highest BCUT2D eigenvalue weighted by atomic mass is 79.9. The molecule has 2 nitrogen and oxygen atoms in total. The van der Waals surface area contributed by atoms with Crippen molar-refractivity contribution in [2.45, 2.75) is 12.5 Å². The molecule has 4 heteroatoms. The van der Waals surface area contributed by atoms with Crippen molar-refractivity contribution >= 4 is 27.5 Å². The third kappa shape index (κ3) is 3.31. The van der Waals surface area contributed by atoms with Gasteiger partial charge in [0, 0.05) is 15.7 Å². The smallest absolute Gasteiger partial charge is 0.0576 e. The van der Waals surface area contributed by atoms with Gasteiger partial charge in [-0.25, -0.2) is 0 Å². The van der Waals surface area contributed by atoms with E-state index in [0.29, 0.717) is 0 Å². The molecule has 18 heavy (non-hydrogen) atoms. The van der Waals surface area contributed by atoms with Gasteiger partial charge in [0.05, 0.1) is 11.7 Å². The summed E-state index contributed by atoms with van der Waals surface area (Å²) in [4.78, 5) is 4.38. The molecule has 94 valence electrons. The molecule has 2 aromatic rings. The van der Waals surface area contributed by atoms with Gasteiger partial charge in [0.1, 0.15) is 0 Å². The van der Waals surface area contributed by atoms with E-state index in [1.54, 1.807) is 0 Å². The fourth-order valence-electron chi connectivity index (χ4n) is 1.84. The van der Waals surface area contributed by atoms with Crippen molar-refractivity contribution in [2.24, 2.45) is 0 Å². The molecule has 1 unspecified atom stereocenters. The van der Waals surface area contributed by atoms with Gasteiger partial charge in [0.15, 0.2) is 0 Å². The first-order valence-electron chi connectivity index (χ1n) is 5.73. The monoisotopic (exact) mass is 324 g/mol. The number of pyridine rings is 1. The molecule has 0 spiro atoms. The van der Waals surface area contributed by atoms with E-state index < -0.39 is 0 Å². The lowest BCUT2D eigenvalue weighted by Gasteiger charge is -2.16. The van der Waals surface area contributed by atoms with Crippen molar-refractivity contribution in [1.82, 2.24) is 10.3 Å². The average Bonchev–Trinajstić information content (AvgIpc) is 2.39. The van der Waals surface area contributed by atoms with Crippen LogP contribution in [0.4, 0.5) is 0 Å². The first kappa shape index (κ1) is 13.5. The SMILES string of the molecule is CNC(Cc1ccc(Br)cc1Cl)c1ccccn1. The predicted molar refractivity (Wildman–Crippen MR) is 78.9 cm³/mol. The Morgan fingerprint density at radius 3 is 2.78 bits per heavy atom. The zero-order chi connectivity index (χ0) is 13.0. The Morgan fingerprint density at radius 2 is 2.17 bits per heavy atom. The summed E-state index contributed by atoms with van der Waals surface area (Å²) < 4.78 is 0.995. The second-order valence-electron chi connectivity index (χ2n) is 4.04. The van der Waals surface area contributed by atoms with Crippen molar-refractivity contribution in [3.05, 3.63) is 63.3 Å². The number of aromatic nitrogens is 1. The molecule has 0 radical (unpaired) electrons. The number of likely N-dealkylation sites (N-methyl/N-ethyl adjacent to an activating group) is 1. The van der Waals surface area contributed by atoms with Crippen molar-refractivity contribution in [2.75, 3.05) is 7.05 Å². The summed E-state index contributed by atoms with van der Waals surface area (Å²) in [6, 6.07) is 12.1. The van der Waals surface area contributed by atoms with Crippen LogP contribution in [0.15, 0.2) is 47.1 Å². The Kier molecular flexibility index (Phi) is 4.75. The average molecular weight is 326 g/mol. The van der Waals surface area contributed by atoms with E-state index in [-0.39, 0.29) is 6.04 Å². The zero-order valence-electron chi connectivity index (χ0n) is 10.0. The molecule has 0 aliphatic heterocycles. The zero-order valence-corrected chi connectivity index (χ0v) is 12.4. The van der Waals surface area contributed by atoms with E-state index in [1.807, 2.05) is 49.6 Å². The van der Waals surface area contributed by atoms with E-state index in [1.165, 1.54) is 0 Å². The van der Waals surface area contributed by atoms with Gasteiger partial charge in [-0.15, -0.1) is 0 Å². The molecule has 0 amide bonds. The molecule has 0 bridgehead atoms. The largest absolute Gasteiger partial charge is 0.311 e. The highest BCUT2D eigenvalue weighted by molar-refractivity contribution is 9.10. The van der Waals surface area contributed by atoms with Crippen molar-refractivity contribution in [1.29, 1.82) is 0 Å². The summed E-state index contributed by atoms with van der Waals surface area (Å²) >= 11 is 9.65. The maximum absolute atomic E-state index is 6.24. The molecule has 0 aliphatic carbocycles. The molecular weight excluding hydrogens is 312 g/mol. The van der Waals surface area contributed by atoms with Gasteiger partial charge in [-0.2, -0.15) is 0 Å². The van der Waals surface area contributed by atoms with Crippen LogP contribution in [-0.2, 0) is 6.42 Å². The summed E-state index contributed by atoms with van der Waals surface area (Å²) in [5.41, 5.74) is 2.14. The van der Waals surface area contributed by atoms with Gasteiger partial charge in [-0.05, 0) is 43.3 Å². The number of nitrogens with zero attached hydrogens (tertiary/aromatic N) is 1. The first-order chi connectivity index (χ1) is 8.70. The topological polar surface area (TPSA) is 24.9 Å². The molecule has 1 heterocycles. The van der Waals surface area contributed by atoms with E-state index in [4.69, 9.17) is 11.6 Å². The Labute approximate surface area is 121 Å². The minimum Gasteiger partial charge on any atom is -0.311 e. The van der Waals surface area contributed by atoms with Crippen LogP contribution in [0.5, 0.6) is 0 Å². The second kappa shape index (κ2) is 6.32. The minimum atomic E-state index is 0.171. The molecule has 2 rings (SSSR count). The maximum Gasteiger partial charge on any atom is 0.0576 e. The van der Waals surface area contributed by atoms with Crippen LogP contribution in [0.1, 0.15) is 17.3 Å². The van der Waals surface area contributed by atoms with Gasteiger partial charge in [0.25, 0.3) is 0 Å². The fourth-order valence-corrected chi connectivity index (χ4v) is 2.59. The Bertz CT molecular complexity index is 516. The van der Waals surface area contributed by atoms with Crippen molar-refractivity contribution in [3.8, 4) is 0 Å². The van der Waals surface area contributed by atoms with Crippen LogP contribution in [0.25, 0.3) is 0 Å². The quantitative estimate of drug-likeness (QED) is 0.919. The van der Waals surface area contributed by atoms with E-state index >= 15 is 0 Å². The maximum atomic E-state index is 6.24. The molecule has 0 saturated heterocycles. The van der Waals surface area contributed by atoms with E-state index in [2.05, 4.69) is 26.2 Å². The fraction of sp³-hybridized carbons (Fsp3) is 0.214. The third-order valence-electron chi connectivity index (χ3n) is 2.83. The highest BCUT2D eigenvalue weighted by Gasteiger charge is 2.13. The third-order valence-corrected chi connectivity index (χ3v) is 3.68. The van der Waals surface area contributed by atoms with Gasteiger partial charge in [-0.1, -0.05) is 39.7 Å². The molecular formula is C14H14BrClN2. The standard InChI is InChI=1S/C14H14BrClN2/c1-17-14(13-4-2-3-7-18-13)8-10-5-6-11(15)9-12(10)16/h2-7,9,14,17H,8H2,1H3. The molecule has 0 aliphatic rings.